The van der Waals surface area contributed by atoms with Gasteiger partial charge in [0.15, 0.2) is 0 Å². The number of hydrogen-bond donors (Lipinski definition) is 0. The molecule has 0 aromatic heterocycles. The molecule has 0 saturated carbocycles. The van der Waals surface area contributed by atoms with Gasteiger partial charge in [-0.25, -0.2) is 0 Å². The predicted molar refractivity (Wildman–Crippen MR) is 54.1 cm³/mol. The number of nitrogens with zero attached hydrogens (tertiary/aromatic N) is 1. The Kier molecular flexibility index (Phi) is 18.7. The van der Waals surface area contributed by atoms with Gasteiger partial charge in [-0.2, -0.15) is 0 Å². The van der Waals surface area contributed by atoms with Crippen LogP contribution in [0.15, 0.2) is 29.4 Å². The minimum Gasteiger partial charge on any atom is -0.269 e. The first-order valence-electron chi connectivity index (χ1n) is 4.21. The molecule has 0 fully saturated rings. The third kappa shape index (κ3) is 17.6. The van der Waals surface area contributed by atoms with Crippen molar-refractivity contribution in [2.75, 3.05) is 0 Å². The molecule has 0 atom stereocenters. The molecule has 0 radical (unpaired) electrons. The highest BCUT2D eigenvalue weighted by Gasteiger charge is 1.60. The fourth-order valence-corrected chi connectivity index (χ4v) is 0.400. The van der Waals surface area contributed by atoms with E-state index in [-0.39, 0.29) is 0 Å². The molecule has 0 unspecified atom stereocenters. The summed E-state index contributed by atoms with van der Waals surface area (Å²) >= 11 is 0. The van der Waals surface area contributed by atoms with Crippen molar-refractivity contribution >= 4 is 6.21 Å². The molecule has 0 bridgehead atoms. The Bertz CT molecular complexity index is 121. The van der Waals surface area contributed by atoms with Gasteiger partial charge in [0.2, 0.25) is 0 Å². The lowest BCUT2D eigenvalue weighted by Crippen LogP contribution is -1.54. The first kappa shape index (κ1) is 12.8. The van der Waals surface area contributed by atoms with Crippen molar-refractivity contribution in [2.45, 2.75) is 34.1 Å². The molecule has 0 amide bonds. The maximum absolute atomic E-state index is 3.89. The van der Waals surface area contributed by atoms with Gasteiger partial charge in [0.05, 0.1) is 0 Å². The Morgan fingerprint density at radius 2 is 1.82 bits per heavy atom. The molecule has 0 saturated heterocycles. The van der Waals surface area contributed by atoms with Gasteiger partial charge in [0, 0.05) is 12.4 Å². The zero-order valence-corrected chi connectivity index (χ0v) is 8.04. The van der Waals surface area contributed by atoms with Gasteiger partial charge in [-0.15, -0.1) is 0 Å². The minimum absolute atomic E-state index is 1.08. The van der Waals surface area contributed by atoms with E-state index < -0.39 is 0 Å². The molecule has 0 aromatic rings. The highest BCUT2D eigenvalue weighted by Crippen LogP contribution is 1.81. The van der Waals surface area contributed by atoms with Crippen LogP contribution in [-0.2, 0) is 0 Å². The standard InChI is InChI=1S/C8H13N.C2H6/c1-3-5-6-7-8-9-4-2;1-2/h4-8H,3H2,1-2H3;1-2H3/b6-5+,8-7-,9-4?;. The Balaban J connectivity index is 0. The second-order valence-corrected chi connectivity index (χ2v) is 1.59. The van der Waals surface area contributed by atoms with Gasteiger partial charge in [-0.1, -0.05) is 32.9 Å². The van der Waals surface area contributed by atoms with Gasteiger partial charge in [0.25, 0.3) is 0 Å². The van der Waals surface area contributed by atoms with Crippen molar-refractivity contribution in [1.29, 1.82) is 0 Å². The first-order valence-corrected chi connectivity index (χ1v) is 4.21. The Morgan fingerprint density at radius 1 is 1.18 bits per heavy atom. The van der Waals surface area contributed by atoms with Gasteiger partial charge >= 0.3 is 0 Å². The van der Waals surface area contributed by atoms with Crippen molar-refractivity contribution < 1.29 is 0 Å². The van der Waals surface area contributed by atoms with E-state index in [1.807, 2.05) is 32.9 Å². The van der Waals surface area contributed by atoms with E-state index in [9.17, 15) is 0 Å². The van der Waals surface area contributed by atoms with Crippen LogP contribution >= 0.6 is 0 Å². The summed E-state index contributed by atoms with van der Waals surface area (Å²) in [7, 11) is 0. The quantitative estimate of drug-likeness (QED) is 0.434. The number of rotatable bonds is 3. The zero-order valence-electron chi connectivity index (χ0n) is 8.04. The molecule has 64 valence electrons. The van der Waals surface area contributed by atoms with Crippen LogP contribution in [0.3, 0.4) is 0 Å². The van der Waals surface area contributed by atoms with Crippen LogP contribution in [0.1, 0.15) is 34.1 Å². The monoisotopic (exact) mass is 153 g/mol. The fourth-order valence-electron chi connectivity index (χ4n) is 0.400. The Labute approximate surface area is 70.5 Å². The van der Waals surface area contributed by atoms with E-state index in [1.54, 1.807) is 12.4 Å². The zero-order chi connectivity index (χ0) is 8.95. The molecule has 0 aliphatic rings. The van der Waals surface area contributed by atoms with Crippen molar-refractivity contribution in [3.8, 4) is 0 Å². The van der Waals surface area contributed by atoms with Crippen LogP contribution in [0.25, 0.3) is 0 Å². The second kappa shape index (κ2) is 16.1. The molecule has 1 nitrogen and oxygen atoms in total. The molecule has 0 aliphatic carbocycles. The summed E-state index contributed by atoms with van der Waals surface area (Å²) in [6.07, 6.45) is 10.6. The summed E-state index contributed by atoms with van der Waals surface area (Å²) in [6.45, 7) is 8.00. The third-order valence-electron chi connectivity index (χ3n) is 0.804. The highest BCUT2D eigenvalue weighted by atomic mass is 14.6. The van der Waals surface area contributed by atoms with Crippen molar-refractivity contribution in [1.82, 2.24) is 0 Å². The lowest BCUT2D eigenvalue weighted by molar-refractivity contribution is 1.22. The summed E-state index contributed by atoms with van der Waals surface area (Å²) in [5.41, 5.74) is 0. The van der Waals surface area contributed by atoms with E-state index in [0.29, 0.717) is 0 Å². The van der Waals surface area contributed by atoms with Crippen LogP contribution in [-0.4, -0.2) is 6.21 Å². The highest BCUT2D eigenvalue weighted by molar-refractivity contribution is 5.54. The molecule has 0 rings (SSSR count). The molecule has 0 aliphatic heterocycles. The first-order chi connectivity index (χ1) is 5.41. The lowest BCUT2D eigenvalue weighted by atomic mass is 10.4. The van der Waals surface area contributed by atoms with E-state index in [1.165, 1.54) is 0 Å². The van der Waals surface area contributed by atoms with E-state index in [0.717, 1.165) is 6.42 Å². The van der Waals surface area contributed by atoms with Crippen molar-refractivity contribution in [3.63, 3.8) is 0 Å². The Morgan fingerprint density at radius 3 is 2.27 bits per heavy atom. The Hall–Kier alpha value is -0.850. The lowest BCUT2D eigenvalue weighted by Gasteiger charge is -1.73. The SMILES string of the molecule is CC.CC=N/C=C\C=C\CC. The van der Waals surface area contributed by atoms with Crippen LogP contribution < -0.4 is 0 Å². The van der Waals surface area contributed by atoms with Gasteiger partial charge in [0.1, 0.15) is 0 Å². The average Bonchev–Trinajstić information content (AvgIpc) is 2.08. The summed E-state index contributed by atoms with van der Waals surface area (Å²) < 4.78 is 0. The number of aliphatic imine (C=N–C) groups is 1. The van der Waals surface area contributed by atoms with E-state index in [2.05, 4.69) is 18.0 Å². The number of hydrogen-bond acceptors (Lipinski definition) is 1. The van der Waals surface area contributed by atoms with Crippen LogP contribution in [0, 0.1) is 0 Å². The van der Waals surface area contributed by atoms with E-state index >= 15 is 0 Å². The van der Waals surface area contributed by atoms with Gasteiger partial charge in [-0.3, -0.25) is 4.99 Å². The average molecular weight is 153 g/mol. The molecular weight excluding hydrogens is 134 g/mol. The van der Waals surface area contributed by atoms with E-state index in [4.69, 9.17) is 0 Å². The largest absolute Gasteiger partial charge is 0.269 e. The summed E-state index contributed by atoms with van der Waals surface area (Å²) in [5.74, 6) is 0. The minimum atomic E-state index is 1.08. The van der Waals surface area contributed by atoms with Crippen LogP contribution in [0.5, 0.6) is 0 Å². The van der Waals surface area contributed by atoms with Crippen LogP contribution in [0.2, 0.25) is 0 Å². The summed E-state index contributed by atoms with van der Waals surface area (Å²) in [5, 5.41) is 0. The third-order valence-corrected chi connectivity index (χ3v) is 0.804. The molecule has 0 spiro atoms. The van der Waals surface area contributed by atoms with Crippen molar-refractivity contribution in [2.24, 2.45) is 4.99 Å². The molecular formula is C10H19N. The second-order valence-electron chi connectivity index (χ2n) is 1.59. The number of allylic oxidation sites excluding steroid dienone is 3. The smallest absolute Gasteiger partial charge is 0.0263 e. The van der Waals surface area contributed by atoms with Crippen molar-refractivity contribution in [3.05, 3.63) is 24.4 Å². The normalized spacial score (nSPS) is 10.9. The van der Waals surface area contributed by atoms with Gasteiger partial charge in [-0.05, 0) is 19.4 Å². The molecule has 0 heterocycles. The maximum atomic E-state index is 3.89. The topological polar surface area (TPSA) is 12.4 Å². The molecule has 11 heavy (non-hydrogen) atoms. The van der Waals surface area contributed by atoms with Gasteiger partial charge < -0.3 is 0 Å². The van der Waals surface area contributed by atoms with Crippen LogP contribution in [0.4, 0.5) is 0 Å². The summed E-state index contributed by atoms with van der Waals surface area (Å²) in [4.78, 5) is 3.89. The summed E-state index contributed by atoms with van der Waals surface area (Å²) in [6, 6.07) is 0. The fraction of sp³-hybridized carbons (Fsp3) is 0.500. The molecule has 1 heteroatoms. The molecule has 0 aromatic carbocycles. The predicted octanol–water partition coefficient (Wildman–Crippen LogP) is 3.58. The maximum Gasteiger partial charge on any atom is 0.0263 e. The molecule has 0 N–H and O–H groups in total.